The van der Waals surface area contributed by atoms with Gasteiger partial charge in [0.25, 0.3) is 0 Å². The molecular weight excluding hydrogens is 328 g/mol. The summed E-state index contributed by atoms with van der Waals surface area (Å²) in [5, 5.41) is 2.70. The van der Waals surface area contributed by atoms with E-state index in [1.54, 1.807) is 6.07 Å². The van der Waals surface area contributed by atoms with E-state index in [0.29, 0.717) is 5.69 Å². The SMILES string of the molecule is Cc1cccc(NC(=O)Cc2ccc(F)cc2F)c1Br. The standard InChI is InChI=1S/C15H12BrF2NO/c1-9-3-2-4-13(15(9)16)19-14(20)7-10-5-6-11(17)8-12(10)18/h2-6,8H,7H2,1H3,(H,19,20). The van der Waals surface area contributed by atoms with Gasteiger partial charge in [-0.3, -0.25) is 4.79 Å². The lowest BCUT2D eigenvalue weighted by molar-refractivity contribution is -0.115. The van der Waals surface area contributed by atoms with Gasteiger partial charge in [-0.1, -0.05) is 18.2 Å². The maximum absolute atomic E-state index is 13.5. The molecule has 2 nitrogen and oxygen atoms in total. The maximum atomic E-state index is 13.5. The van der Waals surface area contributed by atoms with Crippen molar-refractivity contribution in [2.24, 2.45) is 0 Å². The molecule has 0 aliphatic rings. The lowest BCUT2D eigenvalue weighted by Crippen LogP contribution is -2.15. The third kappa shape index (κ3) is 3.42. The number of hydrogen-bond donors (Lipinski definition) is 1. The smallest absolute Gasteiger partial charge is 0.228 e. The van der Waals surface area contributed by atoms with Crippen LogP contribution in [0.3, 0.4) is 0 Å². The van der Waals surface area contributed by atoms with Gasteiger partial charge in [0.15, 0.2) is 0 Å². The minimum Gasteiger partial charge on any atom is -0.325 e. The van der Waals surface area contributed by atoms with E-state index < -0.39 is 11.6 Å². The maximum Gasteiger partial charge on any atom is 0.228 e. The summed E-state index contributed by atoms with van der Waals surface area (Å²) < 4.78 is 27.0. The number of halogens is 3. The van der Waals surface area contributed by atoms with Crippen LogP contribution in [0.5, 0.6) is 0 Å². The fourth-order valence-corrected chi connectivity index (χ4v) is 2.14. The first-order valence-corrected chi connectivity index (χ1v) is 6.75. The largest absolute Gasteiger partial charge is 0.325 e. The quantitative estimate of drug-likeness (QED) is 0.891. The lowest BCUT2D eigenvalue weighted by Gasteiger charge is -2.09. The monoisotopic (exact) mass is 339 g/mol. The second kappa shape index (κ2) is 6.13. The van der Waals surface area contributed by atoms with Crippen LogP contribution in [0.2, 0.25) is 0 Å². The Morgan fingerprint density at radius 1 is 1.25 bits per heavy atom. The Kier molecular flexibility index (Phi) is 4.49. The number of benzene rings is 2. The Morgan fingerprint density at radius 3 is 2.70 bits per heavy atom. The van der Waals surface area contributed by atoms with Crippen LogP contribution in [0.4, 0.5) is 14.5 Å². The van der Waals surface area contributed by atoms with Crippen molar-refractivity contribution in [3.63, 3.8) is 0 Å². The van der Waals surface area contributed by atoms with Crippen LogP contribution in [-0.4, -0.2) is 5.91 Å². The van der Waals surface area contributed by atoms with Crippen molar-refractivity contribution in [2.45, 2.75) is 13.3 Å². The van der Waals surface area contributed by atoms with Gasteiger partial charge in [0.2, 0.25) is 5.91 Å². The van der Waals surface area contributed by atoms with Crippen LogP contribution in [0.25, 0.3) is 0 Å². The summed E-state index contributed by atoms with van der Waals surface area (Å²) in [4.78, 5) is 11.9. The first-order chi connectivity index (χ1) is 9.47. The van der Waals surface area contributed by atoms with Gasteiger partial charge in [-0.25, -0.2) is 8.78 Å². The molecule has 2 aromatic rings. The Balaban J connectivity index is 2.11. The molecule has 20 heavy (non-hydrogen) atoms. The van der Waals surface area contributed by atoms with Crippen molar-refractivity contribution in [2.75, 3.05) is 5.32 Å². The van der Waals surface area contributed by atoms with Gasteiger partial charge in [0, 0.05) is 10.5 Å². The number of anilines is 1. The topological polar surface area (TPSA) is 29.1 Å². The zero-order valence-electron chi connectivity index (χ0n) is 10.7. The van der Waals surface area contributed by atoms with Gasteiger partial charge in [0.1, 0.15) is 11.6 Å². The molecule has 0 aliphatic heterocycles. The second-order valence-electron chi connectivity index (χ2n) is 4.40. The molecular formula is C15H12BrF2NO. The highest BCUT2D eigenvalue weighted by atomic mass is 79.9. The summed E-state index contributed by atoms with van der Waals surface area (Å²) in [5.74, 6) is -1.74. The number of carbonyl (C=O) groups is 1. The first-order valence-electron chi connectivity index (χ1n) is 5.96. The van der Waals surface area contributed by atoms with Crippen molar-refractivity contribution >= 4 is 27.5 Å². The van der Waals surface area contributed by atoms with Crippen LogP contribution in [0.1, 0.15) is 11.1 Å². The van der Waals surface area contributed by atoms with Crippen LogP contribution in [-0.2, 0) is 11.2 Å². The van der Waals surface area contributed by atoms with Crippen LogP contribution >= 0.6 is 15.9 Å². The minimum absolute atomic E-state index is 0.146. The van der Waals surface area contributed by atoms with Gasteiger partial charge in [-0.15, -0.1) is 0 Å². The Labute approximate surface area is 123 Å². The van der Waals surface area contributed by atoms with E-state index in [-0.39, 0.29) is 17.9 Å². The van der Waals surface area contributed by atoms with E-state index in [0.717, 1.165) is 22.2 Å². The Hall–Kier alpha value is -1.75. The van der Waals surface area contributed by atoms with Gasteiger partial charge in [-0.05, 0) is 46.1 Å². The predicted molar refractivity (Wildman–Crippen MR) is 77.6 cm³/mol. The van der Waals surface area contributed by atoms with E-state index in [1.807, 2.05) is 19.1 Å². The van der Waals surface area contributed by atoms with E-state index in [1.165, 1.54) is 6.07 Å². The van der Waals surface area contributed by atoms with E-state index in [9.17, 15) is 13.6 Å². The number of rotatable bonds is 3. The molecule has 0 radical (unpaired) electrons. The average molecular weight is 340 g/mol. The number of nitrogens with one attached hydrogen (secondary N) is 1. The van der Waals surface area contributed by atoms with Crippen molar-refractivity contribution in [1.29, 1.82) is 0 Å². The molecule has 0 unspecified atom stereocenters. The summed E-state index contributed by atoms with van der Waals surface area (Å²) in [7, 11) is 0. The Bertz CT molecular complexity index is 658. The molecule has 0 fully saturated rings. The molecule has 0 spiro atoms. The van der Waals surface area contributed by atoms with Crippen LogP contribution < -0.4 is 5.32 Å². The molecule has 0 saturated heterocycles. The molecule has 1 N–H and O–H groups in total. The Morgan fingerprint density at radius 2 is 2.00 bits per heavy atom. The van der Waals surface area contributed by atoms with Crippen molar-refractivity contribution < 1.29 is 13.6 Å². The minimum atomic E-state index is -0.719. The third-order valence-corrected chi connectivity index (χ3v) is 3.88. The number of carbonyl (C=O) groups excluding carboxylic acids is 1. The zero-order chi connectivity index (χ0) is 14.7. The lowest BCUT2D eigenvalue weighted by atomic mass is 10.1. The molecule has 0 bridgehead atoms. The molecule has 0 heterocycles. The number of hydrogen-bond acceptors (Lipinski definition) is 1. The van der Waals surface area contributed by atoms with Crippen LogP contribution in [0, 0.1) is 18.6 Å². The molecule has 0 atom stereocenters. The van der Waals surface area contributed by atoms with Gasteiger partial charge < -0.3 is 5.32 Å². The molecule has 0 aromatic heterocycles. The van der Waals surface area contributed by atoms with Gasteiger partial charge >= 0.3 is 0 Å². The highest BCUT2D eigenvalue weighted by Gasteiger charge is 2.11. The van der Waals surface area contributed by atoms with E-state index in [2.05, 4.69) is 21.2 Å². The van der Waals surface area contributed by atoms with E-state index >= 15 is 0 Å². The molecule has 0 saturated carbocycles. The van der Waals surface area contributed by atoms with Crippen molar-refractivity contribution in [1.82, 2.24) is 0 Å². The molecule has 5 heteroatoms. The third-order valence-electron chi connectivity index (χ3n) is 2.83. The predicted octanol–water partition coefficient (Wildman–Crippen LogP) is 4.22. The molecule has 1 amide bonds. The highest BCUT2D eigenvalue weighted by molar-refractivity contribution is 9.10. The zero-order valence-corrected chi connectivity index (χ0v) is 12.3. The molecule has 0 aliphatic carbocycles. The summed E-state index contributed by atoms with van der Waals surface area (Å²) in [5.41, 5.74) is 1.76. The van der Waals surface area contributed by atoms with Crippen molar-refractivity contribution in [3.8, 4) is 0 Å². The summed E-state index contributed by atoms with van der Waals surface area (Å²) in [6.45, 7) is 1.90. The highest BCUT2D eigenvalue weighted by Crippen LogP contribution is 2.25. The number of aryl methyl sites for hydroxylation is 1. The number of amides is 1. The molecule has 2 rings (SSSR count). The average Bonchev–Trinajstić information content (AvgIpc) is 2.38. The van der Waals surface area contributed by atoms with Gasteiger partial charge in [0.05, 0.1) is 12.1 Å². The second-order valence-corrected chi connectivity index (χ2v) is 5.19. The summed E-state index contributed by atoms with van der Waals surface area (Å²) >= 11 is 3.38. The molecule has 104 valence electrons. The molecule has 2 aromatic carbocycles. The normalized spacial score (nSPS) is 10.4. The summed E-state index contributed by atoms with van der Waals surface area (Å²) in [6.07, 6.45) is -0.146. The van der Waals surface area contributed by atoms with Crippen LogP contribution in [0.15, 0.2) is 40.9 Å². The first kappa shape index (κ1) is 14.7. The van der Waals surface area contributed by atoms with Crippen molar-refractivity contribution in [3.05, 3.63) is 63.6 Å². The van der Waals surface area contributed by atoms with E-state index in [4.69, 9.17) is 0 Å². The summed E-state index contributed by atoms with van der Waals surface area (Å²) in [6, 6.07) is 8.64. The fraction of sp³-hybridized carbons (Fsp3) is 0.133. The van der Waals surface area contributed by atoms with Gasteiger partial charge in [-0.2, -0.15) is 0 Å². The fourth-order valence-electron chi connectivity index (χ4n) is 1.78.